The maximum absolute atomic E-state index is 12.4. The number of nitrogens with zero attached hydrogens (tertiary/aromatic N) is 5. The number of aromatic nitrogens is 5. The van der Waals surface area contributed by atoms with Crippen molar-refractivity contribution >= 4 is 22.6 Å². The molecule has 0 saturated carbocycles. The second-order valence-corrected chi connectivity index (χ2v) is 7.70. The van der Waals surface area contributed by atoms with Gasteiger partial charge in [0, 0.05) is 37.2 Å². The van der Waals surface area contributed by atoms with Crippen molar-refractivity contribution in [1.29, 1.82) is 0 Å². The van der Waals surface area contributed by atoms with Crippen molar-refractivity contribution in [2.24, 2.45) is 0 Å². The molecule has 0 atom stereocenters. The third kappa shape index (κ3) is 3.70. The number of amides is 1. The fourth-order valence-electron chi connectivity index (χ4n) is 4.04. The topological polar surface area (TPSA) is 77.6 Å². The largest absolute Gasteiger partial charge is 0.330 e. The smallest absolute Gasteiger partial charge is 0.226 e. The highest BCUT2D eigenvalue weighted by atomic mass is 16.1. The van der Waals surface area contributed by atoms with Crippen LogP contribution in [-0.4, -0.2) is 30.2 Å². The van der Waals surface area contributed by atoms with Crippen LogP contribution >= 0.6 is 0 Å². The lowest BCUT2D eigenvalue weighted by Gasteiger charge is -2.09. The molecular formula is C23H24N6O. The summed E-state index contributed by atoms with van der Waals surface area (Å²) in [6, 6.07) is 15.8. The second kappa shape index (κ2) is 8.10. The van der Waals surface area contributed by atoms with E-state index in [1.54, 1.807) is 6.33 Å². The van der Waals surface area contributed by atoms with Crippen LogP contribution in [0, 0.1) is 0 Å². The van der Waals surface area contributed by atoms with Gasteiger partial charge in [0.15, 0.2) is 5.82 Å². The fraction of sp³-hybridized carbons (Fsp3) is 0.304. The van der Waals surface area contributed by atoms with Crippen molar-refractivity contribution in [2.75, 3.05) is 5.32 Å². The van der Waals surface area contributed by atoms with Crippen LogP contribution in [0.4, 0.5) is 5.69 Å². The number of carbonyl (C=O) groups is 1. The van der Waals surface area contributed by atoms with Gasteiger partial charge in [-0.05, 0) is 49.2 Å². The molecule has 1 N–H and O–H groups in total. The molecule has 4 aromatic rings. The van der Waals surface area contributed by atoms with Gasteiger partial charge in [-0.1, -0.05) is 18.6 Å². The van der Waals surface area contributed by atoms with Gasteiger partial charge < -0.3 is 14.5 Å². The molecule has 1 amide bonds. The number of benzene rings is 2. The molecule has 7 heteroatoms. The van der Waals surface area contributed by atoms with Gasteiger partial charge in [-0.15, -0.1) is 10.2 Å². The first kappa shape index (κ1) is 18.5. The van der Waals surface area contributed by atoms with Gasteiger partial charge >= 0.3 is 0 Å². The van der Waals surface area contributed by atoms with Gasteiger partial charge in [0.2, 0.25) is 5.91 Å². The van der Waals surface area contributed by atoms with E-state index in [1.165, 1.54) is 19.3 Å². The van der Waals surface area contributed by atoms with E-state index in [9.17, 15) is 4.79 Å². The first-order valence-electron chi connectivity index (χ1n) is 10.5. The van der Waals surface area contributed by atoms with Crippen LogP contribution in [-0.2, 0) is 24.3 Å². The Kier molecular flexibility index (Phi) is 5.01. The lowest BCUT2D eigenvalue weighted by molar-refractivity contribution is -0.116. The number of nitrogens with one attached hydrogen (secondary N) is 1. The summed E-state index contributed by atoms with van der Waals surface area (Å²) in [5.74, 6) is 1.97. The number of para-hydroxylation sites is 2. The first-order valence-corrected chi connectivity index (χ1v) is 10.5. The first-order chi connectivity index (χ1) is 14.8. The minimum atomic E-state index is -0.0168. The van der Waals surface area contributed by atoms with Crippen LogP contribution in [0.25, 0.3) is 22.4 Å². The lowest BCUT2D eigenvalue weighted by atomic mass is 10.2. The maximum atomic E-state index is 12.4. The Balaban J connectivity index is 1.23. The normalized spacial score (nSPS) is 13.7. The number of hydrogen-bond acceptors (Lipinski definition) is 4. The van der Waals surface area contributed by atoms with Crippen molar-refractivity contribution in [3.05, 3.63) is 60.7 Å². The Morgan fingerprint density at radius 2 is 1.87 bits per heavy atom. The molecular weight excluding hydrogens is 376 g/mol. The van der Waals surface area contributed by atoms with Gasteiger partial charge in [-0.2, -0.15) is 0 Å². The summed E-state index contributed by atoms with van der Waals surface area (Å²) < 4.78 is 4.24. The highest BCUT2D eigenvalue weighted by Gasteiger charge is 2.16. The molecule has 0 bridgehead atoms. The summed E-state index contributed by atoms with van der Waals surface area (Å²) in [5.41, 5.74) is 3.80. The standard InChI is InChI=1S/C23H24N6O/c30-22(13-15-28-16-24-19-6-3-4-7-20(19)28)25-18-11-9-17(10-12-18)23-27-26-21-8-2-1-5-14-29(21)23/h3-4,6-7,9-12,16H,1-2,5,8,13-15H2,(H,25,30). The highest BCUT2D eigenvalue weighted by Crippen LogP contribution is 2.24. The van der Waals surface area contributed by atoms with Crippen molar-refractivity contribution in [2.45, 2.75) is 45.2 Å². The van der Waals surface area contributed by atoms with Gasteiger partial charge in [0.25, 0.3) is 0 Å². The van der Waals surface area contributed by atoms with E-state index in [0.717, 1.165) is 46.9 Å². The minimum absolute atomic E-state index is 0.0168. The second-order valence-electron chi connectivity index (χ2n) is 7.70. The van der Waals surface area contributed by atoms with Crippen LogP contribution in [0.2, 0.25) is 0 Å². The fourth-order valence-corrected chi connectivity index (χ4v) is 4.04. The maximum Gasteiger partial charge on any atom is 0.226 e. The van der Waals surface area contributed by atoms with E-state index in [2.05, 4.69) is 25.1 Å². The Morgan fingerprint density at radius 3 is 2.77 bits per heavy atom. The van der Waals surface area contributed by atoms with E-state index in [1.807, 2.05) is 53.1 Å². The number of rotatable bonds is 5. The van der Waals surface area contributed by atoms with Crippen molar-refractivity contribution in [3.63, 3.8) is 0 Å². The van der Waals surface area contributed by atoms with Gasteiger partial charge in [-0.25, -0.2) is 4.98 Å². The molecule has 3 heterocycles. The molecule has 5 rings (SSSR count). The zero-order chi connectivity index (χ0) is 20.3. The molecule has 1 aliphatic heterocycles. The Morgan fingerprint density at radius 1 is 1.00 bits per heavy atom. The zero-order valence-electron chi connectivity index (χ0n) is 16.8. The number of carbonyl (C=O) groups excluding carboxylic acids is 1. The molecule has 0 unspecified atom stereocenters. The number of imidazole rings is 1. The van der Waals surface area contributed by atoms with Gasteiger partial charge in [-0.3, -0.25) is 4.79 Å². The summed E-state index contributed by atoms with van der Waals surface area (Å²) in [6.07, 6.45) is 6.75. The zero-order valence-corrected chi connectivity index (χ0v) is 16.8. The number of aryl methyl sites for hydroxylation is 2. The SMILES string of the molecule is O=C(CCn1cnc2ccccc21)Nc1ccc(-c2nnc3n2CCCCC3)cc1. The molecule has 2 aromatic carbocycles. The van der Waals surface area contributed by atoms with E-state index >= 15 is 0 Å². The number of anilines is 1. The molecule has 0 aliphatic carbocycles. The van der Waals surface area contributed by atoms with Crippen molar-refractivity contribution in [1.82, 2.24) is 24.3 Å². The quantitative estimate of drug-likeness (QED) is 0.548. The van der Waals surface area contributed by atoms with E-state index in [4.69, 9.17) is 0 Å². The van der Waals surface area contributed by atoms with E-state index in [-0.39, 0.29) is 5.91 Å². The summed E-state index contributed by atoms with van der Waals surface area (Å²) in [6.45, 7) is 1.56. The summed E-state index contributed by atoms with van der Waals surface area (Å²) in [4.78, 5) is 16.8. The van der Waals surface area contributed by atoms with E-state index in [0.29, 0.717) is 13.0 Å². The average Bonchev–Trinajstić information content (AvgIpc) is 3.29. The molecule has 0 saturated heterocycles. The monoisotopic (exact) mass is 400 g/mol. The lowest BCUT2D eigenvalue weighted by Crippen LogP contribution is -2.14. The molecule has 0 radical (unpaired) electrons. The summed E-state index contributed by atoms with van der Waals surface area (Å²) >= 11 is 0. The van der Waals surface area contributed by atoms with Gasteiger partial charge in [0.05, 0.1) is 17.4 Å². The van der Waals surface area contributed by atoms with Crippen molar-refractivity contribution in [3.8, 4) is 11.4 Å². The molecule has 30 heavy (non-hydrogen) atoms. The predicted molar refractivity (Wildman–Crippen MR) is 116 cm³/mol. The van der Waals surface area contributed by atoms with E-state index < -0.39 is 0 Å². The van der Waals surface area contributed by atoms with Crippen LogP contribution in [0.1, 0.15) is 31.5 Å². The Labute approximate surface area is 174 Å². The minimum Gasteiger partial charge on any atom is -0.330 e. The molecule has 0 fully saturated rings. The average molecular weight is 400 g/mol. The van der Waals surface area contributed by atoms with Gasteiger partial charge in [0.1, 0.15) is 5.82 Å². The molecule has 2 aromatic heterocycles. The summed E-state index contributed by atoms with van der Waals surface area (Å²) in [5, 5.41) is 11.8. The van der Waals surface area contributed by atoms with Crippen LogP contribution in [0.5, 0.6) is 0 Å². The summed E-state index contributed by atoms with van der Waals surface area (Å²) in [7, 11) is 0. The predicted octanol–water partition coefficient (Wildman–Crippen LogP) is 4.05. The molecule has 7 nitrogen and oxygen atoms in total. The Bertz CT molecular complexity index is 1170. The molecule has 0 spiro atoms. The Hall–Kier alpha value is -3.48. The third-order valence-corrected chi connectivity index (χ3v) is 5.64. The third-order valence-electron chi connectivity index (χ3n) is 5.64. The number of hydrogen-bond donors (Lipinski definition) is 1. The van der Waals surface area contributed by atoms with Crippen LogP contribution < -0.4 is 5.32 Å². The number of fused-ring (bicyclic) bond motifs is 2. The van der Waals surface area contributed by atoms with Crippen LogP contribution in [0.3, 0.4) is 0 Å². The van der Waals surface area contributed by atoms with Crippen LogP contribution in [0.15, 0.2) is 54.9 Å². The molecule has 1 aliphatic rings. The highest BCUT2D eigenvalue weighted by molar-refractivity contribution is 5.91. The van der Waals surface area contributed by atoms with Crippen molar-refractivity contribution < 1.29 is 4.79 Å². The molecule has 152 valence electrons.